The van der Waals surface area contributed by atoms with Crippen LogP contribution in [0.15, 0.2) is 18.2 Å². The third-order valence-electron chi connectivity index (χ3n) is 1.26. The van der Waals surface area contributed by atoms with Gasteiger partial charge in [-0.15, -0.1) is 0 Å². The van der Waals surface area contributed by atoms with Crippen LogP contribution < -0.4 is 0 Å². The standard InChI is InChI=1S/C7H5NO4S/c9-6(10)4-2-1-3-5(8-4)7(11)13-12/h1-3,12H,(H,9,10). The molecule has 1 rings (SSSR count). The van der Waals surface area contributed by atoms with E-state index >= 15 is 0 Å². The third-order valence-corrected chi connectivity index (χ3v) is 1.64. The van der Waals surface area contributed by atoms with E-state index in [-0.39, 0.29) is 23.4 Å². The van der Waals surface area contributed by atoms with Crippen molar-refractivity contribution in [1.29, 1.82) is 0 Å². The van der Waals surface area contributed by atoms with Crippen LogP contribution in [-0.2, 0) is 0 Å². The highest BCUT2D eigenvalue weighted by Gasteiger charge is 2.10. The van der Waals surface area contributed by atoms with Crippen molar-refractivity contribution in [1.82, 2.24) is 4.98 Å². The summed E-state index contributed by atoms with van der Waals surface area (Å²) in [6, 6.07) is 3.99. The molecule has 0 aliphatic carbocycles. The molecular formula is C7H5NO4S. The number of carbonyl (C=O) groups is 2. The Bertz CT molecular complexity index is 352. The molecule has 0 saturated heterocycles. The fraction of sp³-hybridized carbons (Fsp3) is 0. The average molecular weight is 199 g/mol. The van der Waals surface area contributed by atoms with E-state index in [0.717, 1.165) is 0 Å². The Labute approximate surface area is 77.6 Å². The van der Waals surface area contributed by atoms with Gasteiger partial charge >= 0.3 is 5.97 Å². The molecule has 0 spiro atoms. The Hall–Kier alpha value is -1.40. The maximum atomic E-state index is 10.8. The SMILES string of the molecule is O=C(O)c1cccc(C(=O)SO)n1. The minimum Gasteiger partial charge on any atom is -0.477 e. The lowest BCUT2D eigenvalue weighted by Gasteiger charge is -1.96. The van der Waals surface area contributed by atoms with Crippen LogP contribution in [0, 0.1) is 0 Å². The van der Waals surface area contributed by atoms with Gasteiger partial charge in [-0.3, -0.25) is 4.79 Å². The number of aromatic nitrogens is 1. The molecule has 1 heterocycles. The van der Waals surface area contributed by atoms with Gasteiger partial charge in [-0.05, 0) is 12.1 Å². The minimum atomic E-state index is -1.21. The zero-order chi connectivity index (χ0) is 9.84. The summed E-state index contributed by atoms with van der Waals surface area (Å²) < 4.78 is 8.40. The molecule has 2 N–H and O–H groups in total. The molecule has 6 heteroatoms. The van der Waals surface area contributed by atoms with Crippen molar-refractivity contribution in [2.45, 2.75) is 0 Å². The molecule has 1 aromatic rings. The number of carboxylic acid groups (broad SMARTS) is 1. The van der Waals surface area contributed by atoms with Crippen molar-refractivity contribution in [3.05, 3.63) is 29.6 Å². The van der Waals surface area contributed by atoms with Crippen LogP contribution in [0.5, 0.6) is 0 Å². The van der Waals surface area contributed by atoms with Gasteiger partial charge in [0.2, 0.25) is 0 Å². The second-order valence-corrected chi connectivity index (χ2v) is 2.65. The number of rotatable bonds is 2. The van der Waals surface area contributed by atoms with Crippen LogP contribution in [0.1, 0.15) is 21.0 Å². The van der Waals surface area contributed by atoms with Gasteiger partial charge in [0.25, 0.3) is 5.12 Å². The molecule has 0 atom stereocenters. The van der Waals surface area contributed by atoms with Crippen molar-refractivity contribution in [2.24, 2.45) is 0 Å². The van der Waals surface area contributed by atoms with Crippen LogP contribution in [0.3, 0.4) is 0 Å². The van der Waals surface area contributed by atoms with Crippen molar-refractivity contribution < 1.29 is 19.2 Å². The van der Waals surface area contributed by atoms with Crippen LogP contribution in [0.2, 0.25) is 0 Å². The molecular weight excluding hydrogens is 194 g/mol. The molecule has 13 heavy (non-hydrogen) atoms. The Morgan fingerprint density at radius 2 is 1.92 bits per heavy atom. The van der Waals surface area contributed by atoms with E-state index in [1.54, 1.807) is 0 Å². The van der Waals surface area contributed by atoms with Gasteiger partial charge in [0.1, 0.15) is 11.4 Å². The summed E-state index contributed by atoms with van der Waals surface area (Å²) >= 11 is 0.00397. The van der Waals surface area contributed by atoms with E-state index < -0.39 is 11.1 Å². The predicted molar refractivity (Wildman–Crippen MR) is 45.7 cm³/mol. The smallest absolute Gasteiger partial charge is 0.354 e. The van der Waals surface area contributed by atoms with Crippen LogP contribution >= 0.6 is 12.0 Å². The molecule has 68 valence electrons. The molecule has 0 amide bonds. The highest BCUT2D eigenvalue weighted by molar-refractivity contribution is 8.09. The molecule has 0 aliphatic heterocycles. The van der Waals surface area contributed by atoms with Crippen molar-refractivity contribution in [3.63, 3.8) is 0 Å². The molecule has 0 saturated carbocycles. The van der Waals surface area contributed by atoms with E-state index in [0.29, 0.717) is 0 Å². The highest BCUT2D eigenvalue weighted by Crippen LogP contribution is 2.07. The summed E-state index contributed by atoms with van der Waals surface area (Å²) in [7, 11) is 0. The molecule has 1 aromatic heterocycles. The van der Waals surface area contributed by atoms with Crippen LogP contribution in [0.25, 0.3) is 0 Å². The first-order chi connectivity index (χ1) is 6.15. The van der Waals surface area contributed by atoms with E-state index in [9.17, 15) is 9.59 Å². The van der Waals surface area contributed by atoms with Crippen molar-refractivity contribution >= 4 is 23.1 Å². The number of pyridine rings is 1. The third kappa shape index (κ3) is 2.27. The number of carboxylic acids is 1. The molecule has 5 nitrogen and oxygen atoms in total. The summed E-state index contributed by atoms with van der Waals surface area (Å²) in [6.45, 7) is 0. The molecule has 0 aromatic carbocycles. The lowest BCUT2D eigenvalue weighted by Crippen LogP contribution is -2.04. The highest BCUT2D eigenvalue weighted by atomic mass is 32.2. The Balaban J connectivity index is 3.05. The van der Waals surface area contributed by atoms with Gasteiger partial charge in [0.15, 0.2) is 0 Å². The van der Waals surface area contributed by atoms with Crippen LogP contribution in [0.4, 0.5) is 0 Å². The number of carbonyl (C=O) groups excluding carboxylic acids is 1. The van der Waals surface area contributed by atoms with E-state index in [2.05, 4.69) is 4.98 Å². The van der Waals surface area contributed by atoms with Crippen LogP contribution in [-0.4, -0.2) is 25.7 Å². The number of aromatic carboxylic acids is 1. The Morgan fingerprint density at radius 1 is 1.31 bits per heavy atom. The number of hydrogen-bond acceptors (Lipinski definition) is 5. The van der Waals surface area contributed by atoms with Gasteiger partial charge in [0, 0.05) is 0 Å². The lowest BCUT2D eigenvalue weighted by molar-refractivity contribution is 0.0690. The largest absolute Gasteiger partial charge is 0.477 e. The lowest BCUT2D eigenvalue weighted by atomic mass is 10.3. The van der Waals surface area contributed by atoms with Crippen molar-refractivity contribution in [2.75, 3.05) is 0 Å². The average Bonchev–Trinajstić information content (AvgIpc) is 2.17. The fourth-order valence-corrected chi connectivity index (χ4v) is 0.921. The first kappa shape index (κ1) is 9.69. The molecule has 0 bridgehead atoms. The topological polar surface area (TPSA) is 87.5 Å². The fourth-order valence-electron chi connectivity index (χ4n) is 0.714. The maximum Gasteiger partial charge on any atom is 0.354 e. The van der Waals surface area contributed by atoms with Gasteiger partial charge in [-0.2, -0.15) is 0 Å². The quantitative estimate of drug-likeness (QED) is 0.694. The molecule has 0 unspecified atom stereocenters. The maximum absolute atomic E-state index is 10.8. The van der Waals surface area contributed by atoms with E-state index in [1.807, 2.05) is 0 Å². The number of nitrogens with zero attached hydrogens (tertiary/aromatic N) is 1. The van der Waals surface area contributed by atoms with Gasteiger partial charge in [-0.25, -0.2) is 9.78 Å². The van der Waals surface area contributed by atoms with E-state index in [1.165, 1.54) is 18.2 Å². The summed E-state index contributed by atoms with van der Waals surface area (Å²) in [5.74, 6) is -1.21. The Morgan fingerprint density at radius 3 is 2.46 bits per heavy atom. The monoisotopic (exact) mass is 199 g/mol. The Kier molecular flexibility index (Phi) is 2.99. The molecule has 0 aliphatic rings. The summed E-state index contributed by atoms with van der Waals surface area (Å²) in [5, 5.41) is 7.84. The second kappa shape index (κ2) is 4.01. The normalized spacial score (nSPS) is 9.62. The zero-order valence-corrected chi connectivity index (χ0v) is 7.11. The second-order valence-electron chi connectivity index (χ2n) is 2.09. The number of hydrogen-bond donors (Lipinski definition) is 2. The van der Waals surface area contributed by atoms with Gasteiger partial charge in [0.05, 0.1) is 12.0 Å². The first-order valence-electron chi connectivity index (χ1n) is 3.21. The first-order valence-corrected chi connectivity index (χ1v) is 3.98. The summed E-state index contributed by atoms with van der Waals surface area (Å²) in [5.41, 5.74) is -0.299. The summed E-state index contributed by atoms with van der Waals surface area (Å²) in [6.07, 6.45) is 0. The van der Waals surface area contributed by atoms with Crippen molar-refractivity contribution in [3.8, 4) is 0 Å². The van der Waals surface area contributed by atoms with Gasteiger partial charge < -0.3 is 9.66 Å². The molecule has 0 fully saturated rings. The predicted octanol–water partition coefficient (Wildman–Crippen LogP) is 1.13. The molecule has 0 radical (unpaired) electrons. The van der Waals surface area contributed by atoms with Gasteiger partial charge in [-0.1, -0.05) is 6.07 Å². The minimum absolute atomic E-state index is 0.00397. The van der Waals surface area contributed by atoms with E-state index in [4.69, 9.17) is 9.66 Å². The summed E-state index contributed by atoms with van der Waals surface area (Å²) in [4.78, 5) is 24.8. The zero-order valence-electron chi connectivity index (χ0n) is 6.30.